The zero-order valence-electron chi connectivity index (χ0n) is 18.2. The highest BCUT2D eigenvalue weighted by Gasteiger charge is 2.24. The predicted molar refractivity (Wildman–Crippen MR) is 127 cm³/mol. The average Bonchev–Trinajstić information content (AvgIpc) is 3.17. The molecule has 1 amide bonds. The van der Waals surface area contributed by atoms with Gasteiger partial charge in [0.1, 0.15) is 16.5 Å². The van der Waals surface area contributed by atoms with Crippen LogP contribution in [0.4, 0.5) is 0 Å². The van der Waals surface area contributed by atoms with Gasteiger partial charge >= 0.3 is 0 Å². The van der Waals surface area contributed by atoms with Crippen LogP contribution in [-0.4, -0.2) is 48.3 Å². The molecule has 3 aromatic rings. The molecule has 33 heavy (non-hydrogen) atoms. The number of carbonyl (C=O) groups is 1. The van der Waals surface area contributed by atoms with Gasteiger partial charge in [-0.3, -0.25) is 14.2 Å². The number of morpholine rings is 1. The number of carbonyl (C=O) groups excluding carboxylic acids is 1. The minimum absolute atomic E-state index is 0.0550. The maximum atomic E-state index is 13.5. The molecule has 1 aromatic heterocycles. The van der Waals surface area contributed by atoms with Crippen LogP contribution in [0.2, 0.25) is 0 Å². The van der Waals surface area contributed by atoms with Crippen LogP contribution in [0.5, 0.6) is 5.75 Å². The van der Waals surface area contributed by atoms with E-state index in [0.29, 0.717) is 53.5 Å². The summed E-state index contributed by atoms with van der Waals surface area (Å²) in [5.74, 6) is 0.282. The average molecular weight is 462 g/mol. The molecule has 2 aromatic carbocycles. The first-order valence-corrected chi connectivity index (χ1v) is 11.5. The van der Waals surface area contributed by atoms with Gasteiger partial charge in [-0.05, 0) is 42.8 Å². The Labute approximate surface area is 195 Å². The largest absolute Gasteiger partial charge is 0.494 e. The third-order valence-corrected chi connectivity index (χ3v) is 6.26. The van der Waals surface area contributed by atoms with Gasteiger partial charge in [0.15, 0.2) is 5.57 Å². The molecular weight excluding hydrogens is 438 g/mol. The van der Waals surface area contributed by atoms with Crippen molar-refractivity contribution in [3.05, 3.63) is 79.7 Å². The summed E-state index contributed by atoms with van der Waals surface area (Å²) in [6.07, 6.45) is 1.77. The van der Waals surface area contributed by atoms with Crippen LogP contribution in [0.3, 0.4) is 0 Å². The summed E-state index contributed by atoms with van der Waals surface area (Å²) in [6, 6.07) is 18.6. The van der Waals surface area contributed by atoms with Gasteiger partial charge in [0.2, 0.25) is 0 Å². The first-order valence-electron chi connectivity index (χ1n) is 10.7. The zero-order valence-corrected chi connectivity index (χ0v) is 19.0. The van der Waals surface area contributed by atoms with Crippen molar-refractivity contribution in [3.8, 4) is 17.5 Å². The fourth-order valence-corrected chi connectivity index (χ4v) is 4.65. The van der Waals surface area contributed by atoms with Gasteiger partial charge in [-0.2, -0.15) is 5.26 Å². The van der Waals surface area contributed by atoms with E-state index in [2.05, 4.69) is 6.07 Å². The quantitative estimate of drug-likeness (QED) is 0.577. The molecule has 0 N–H and O–H groups in total. The Kier molecular flexibility index (Phi) is 7.03. The van der Waals surface area contributed by atoms with Gasteiger partial charge in [0.05, 0.1) is 30.0 Å². The number of amides is 1. The fourth-order valence-electron chi connectivity index (χ4n) is 3.55. The lowest BCUT2D eigenvalue weighted by Crippen LogP contribution is -2.42. The van der Waals surface area contributed by atoms with Crippen molar-refractivity contribution in [2.75, 3.05) is 32.9 Å². The van der Waals surface area contributed by atoms with E-state index in [9.17, 15) is 14.9 Å². The van der Waals surface area contributed by atoms with E-state index in [1.807, 2.05) is 37.3 Å². The number of nitriles is 1. The van der Waals surface area contributed by atoms with Gasteiger partial charge < -0.3 is 14.4 Å². The van der Waals surface area contributed by atoms with E-state index in [1.54, 1.807) is 35.2 Å². The molecule has 0 unspecified atom stereocenters. The molecule has 168 valence electrons. The van der Waals surface area contributed by atoms with Crippen LogP contribution in [0.1, 0.15) is 12.5 Å². The van der Waals surface area contributed by atoms with Gasteiger partial charge in [-0.25, -0.2) is 0 Å². The lowest BCUT2D eigenvalue weighted by Gasteiger charge is -2.26. The van der Waals surface area contributed by atoms with Crippen molar-refractivity contribution in [1.29, 1.82) is 5.26 Å². The molecule has 1 aliphatic rings. The Hall–Kier alpha value is -3.67. The summed E-state index contributed by atoms with van der Waals surface area (Å²) < 4.78 is 13.0. The minimum Gasteiger partial charge on any atom is -0.494 e. The van der Waals surface area contributed by atoms with Crippen LogP contribution in [0, 0.1) is 11.3 Å². The number of benzene rings is 2. The molecule has 1 saturated heterocycles. The number of aromatic nitrogens is 1. The van der Waals surface area contributed by atoms with Crippen molar-refractivity contribution in [2.24, 2.45) is 0 Å². The summed E-state index contributed by atoms with van der Waals surface area (Å²) in [6.45, 7) is 4.09. The summed E-state index contributed by atoms with van der Waals surface area (Å²) in [5.41, 5.74) is 1.08. The Morgan fingerprint density at radius 1 is 1.15 bits per heavy atom. The van der Waals surface area contributed by atoms with Crippen LogP contribution in [0.15, 0.2) is 59.4 Å². The highest BCUT2D eigenvalue weighted by Crippen LogP contribution is 2.14. The third kappa shape index (κ3) is 4.90. The maximum absolute atomic E-state index is 13.5. The molecule has 0 aliphatic carbocycles. The minimum atomic E-state index is -0.395. The zero-order chi connectivity index (χ0) is 23.2. The SMILES string of the molecule is CCOc1ccc(-n2c(=O)/c(=C\c3ccccc3)s/c2=C(/C#N)C(=O)N2CCOCC2)cc1. The van der Waals surface area contributed by atoms with E-state index >= 15 is 0 Å². The van der Waals surface area contributed by atoms with Crippen LogP contribution < -0.4 is 19.5 Å². The second-order valence-corrected chi connectivity index (χ2v) is 8.32. The second kappa shape index (κ2) is 10.3. The van der Waals surface area contributed by atoms with Crippen molar-refractivity contribution in [1.82, 2.24) is 9.47 Å². The van der Waals surface area contributed by atoms with Gasteiger partial charge in [-0.15, -0.1) is 11.3 Å². The number of hydrogen-bond donors (Lipinski definition) is 0. The number of hydrogen-bond acceptors (Lipinski definition) is 6. The molecule has 8 heteroatoms. The van der Waals surface area contributed by atoms with E-state index in [1.165, 1.54) is 4.57 Å². The van der Waals surface area contributed by atoms with Crippen LogP contribution in [0.25, 0.3) is 17.3 Å². The lowest BCUT2D eigenvalue weighted by molar-refractivity contribution is -0.128. The molecule has 4 rings (SSSR count). The van der Waals surface area contributed by atoms with E-state index in [0.717, 1.165) is 16.9 Å². The molecule has 0 saturated carbocycles. The molecular formula is C25H23N3O4S. The Balaban J connectivity index is 1.94. The number of thiazole rings is 1. The number of ether oxygens (including phenoxy) is 2. The summed E-state index contributed by atoms with van der Waals surface area (Å²) in [5, 5.41) is 9.95. The van der Waals surface area contributed by atoms with Crippen molar-refractivity contribution < 1.29 is 14.3 Å². The smallest absolute Gasteiger partial charge is 0.273 e. The molecule has 7 nitrogen and oxygen atoms in total. The number of rotatable bonds is 5. The second-order valence-electron chi connectivity index (χ2n) is 7.29. The maximum Gasteiger partial charge on any atom is 0.273 e. The summed E-state index contributed by atoms with van der Waals surface area (Å²) in [4.78, 5) is 28.3. The topological polar surface area (TPSA) is 84.6 Å². The van der Waals surface area contributed by atoms with Gasteiger partial charge in [-0.1, -0.05) is 30.3 Å². The van der Waals surface area contributed by atoms with E-state index in [4.69, 9.17) is 9.47 Å². The molecule has 0 radical (unpaired) electrons. The molecule has 0 bridgehead atoms. The fraction of sp³-hybridized carbons (Fsp3) is 0.240. The standard InChI is InChI=1S/C25H23N3O4S/c1-2-32-20-10-8-19(9-11-20)28-24(30)22(16-18-6-4-3-5-7-18)33-25(28)21(17-26)23(29)27-12-14-31-15-13-27/h3-11,16H,2,12-15H2,1H3/b22-16+,25-21-. The molecule has 1 aliphatic heterocycles. The first-order chi connectivity index (χ1) is 16.1. The summed E-state index contributed by atoms with van der Waals surface area (Å²) >= 11 is 1.14. The third-order valence-electron chi connectivity index (χ3n) is 5.16. The molecule has 0 atom stereocenters. The Bertz CT molecular complexity index is 1350. The van der Waals surface area contributed by atoms with Crippen LogP contribution in [-0.2, 0) is 9.53 Å². The molecule has 2 heterocycles. The Morgan fingerprint density at radius 2 is 1.85 bits per heavy atom. The van der Waals surface area contributed by atoms with E-state index < -0.39 is 5.91 Å². The van der Waals surface area contributed by atoms with Crippen molar-refractivity contribution >= 4 is 28.9 Å². The van der Waals surface area contributed by atoms with Crippen LogP contribution >= 0.6 is 11.3 Å². The van der Waals surface area contributed by atoms with Crippen molar-refractivity contribution in [3.63, 3.8) is 0 Å². The highest BCUT2D eigenvalue weighted by atomic mass is 32.1. The highest BCUT2D eigenvalue weighted by molar-refractivity contribution is 7.07. The molecule has 1 fully saturated rings. The monoisotopic (exact) mass is 461 g/mol. The van der Waals surface area contributed by atoms with Crippen molar-refractivity contribution in [2.45, 2.75) is 6.92 Å². The predicted octanol–water partition coefficient (Wildman–Crippen LogP) is 1.66. The normalized spacial score (nSPS) is 15.2. The Morgan fingerprint density at radius 3 is 2.48 bits per heavy atom. The first kappa shape index (κ1) is 22.5. The van der Waals surface area contributed by atoms with Gasteiger partial charge in [0, 0.05) is 13.1 Å². The van der Waals surface area contributed by atoms with Gasteiger partial charge in [0.25, 0.3) is 11.5 Å². The molecule has 0 spiro atoms. The number of nitrogens with zero attached hydrogens (tertiary/aromatic N) is 3. The van der Waals surface area contributed by atoms with E-state index in [-0.39, 0.29) is 11.1 Å². The lowest BCUT2D eigenvalue weighted by atomic mass is 10.2. The summed E-state index contributed by atoms with van der Waals surface area (Å²) in [7, 11) is 0.